The Morgan fingerprint density at radius 1 is 1.38 bits per heavy atom. The molecule has 0 bridgehead atoms. The Morgan fingerprint density at radius 3 is 1.88 bits per heavy atom. The third-order valence-corrected chi connectivity index (χ3v) is 5.21. The minimum Gasteiger partial charge on any atom is -0.150 e. The zero-order chi connectivity index (χ0) is 6.20. The van der Waals surface area contributed by atoms with Crippen LogP contribution in [-0.4, -0.2) is 11.5 Å². The minimum atomic E-state index is -0.777. The molecule has 8 heavy (non-hydrogen) atoms. The van der Waals surface area contributed by atoms with Crippen molar-refractivity contribution in [3.05, 3.63) is 0 Å². The van der Waals surface area contributed by atoms with E-state index in [2.05, 4.69) is 29.6 Å². The van der Waals surface area contributed by atoms with Gasteiger partial charge in [-0.1, -0.05) is 6.42 Å². The van der Waals surface area contributed by atoms with Crippen LogP contribution in [0.15, 0.2) is 0 Å². The molecule has 0 heterocycles. The van der Waals surface area contributed by atoms with Crippen LogP contribution in [0.1, 0.15) is 19.3 Å². The van der Waals surface area contributed by atoms with Gasteiger partial charge < -0.3 is 0 Å². The van der Waals surface area contributed by atoms with Gasteiger partial charge in [-0.3, -0.25) is 0 Å². The molecule has 0 unspecified atom stereocenters. The van der Waals surface area contributed by atoms with Crippen LogP contribution in [0.5, 0.6) is 0 Å². The van der Waals surface area contributed by atoms with E-state index in [1.54, 1.807) is 0 Å². The Balaban J connectivity index is 2.34. The monoisotopic (exact) mass is 168 g/mol. The molecule has 0 radical (unpaired) electrons. The summed E-state index contributed by atoms with van der Waals surface area (Å²) in [6.07, 6.45) is 6.27. The van der Waals surface area contributed by atoms with Crippen molar-refractivity contribution in [1.82, 2.24) is 0 Å². The molecule has 1 saturated carbocycles. The van der Waals surface area contributed by atoms with Crippen LogP contribution >= 0.6 is 31.4 Å². The second kappa shape index (κ2) is 2.35. The van der Waals surface area contributed by atoms with Crippen molar-refractivity contribution in [2.45, 2.75) is 24.5 Å². The fraction of sp³-hybridized carbons (Fsp3) is 1.00. The Morgan fingerprint density at radius 2 is 1.88 bits per heavy atom. The first-order valence-electron chi connectivity index (χ1n) is 2.83. The highest BCUT2D eigenvalue weighted by atomic mass is 33.5. The lowest BCUT2D eigenvalue weighted by molar-refractivity contribution is 0.521. The van der Waals surface area contributed by atoms with E-state index in [1.807, 2.05) is 0 Å². The Labute approximate surface area is 62.4 Å². The van der Waals surface area contributed by atoms with E-state index >= 15 is 0 Å². The van der Waals surface area contributed by atoms with E-state index in [-0.39, 0.29) is 0 Å². The largest absolute Gasteiger partial charge is 0.150 e. The van der Waals surface area contributed by atoms with Gasteiger partial charge in [0.2, 0.25) is 0 Å². The summed E-state index contributed by atoms with van der Waals surface area (Å²) in [7, 11) is -0.777. The second-order valence-corrected chi connectivity index (χ2v) is 10.3. The van der Waals surface area contributed by atoms with Gasteiger partial charge in [0.15, 0.2) is 0 Å². The van der Waals surface area contributed by atoms with E-state index in [9.17, 15) is 0 Å². The lowest BCUT2D eigenvalue weighted by Crippen LogP contribution is -2.18. The predicted molar refractivity (Wildman–Crippen MR) is 49.1 cm³/mol. The predicted octanol–water partition coefficient (Wildman–Crippen LogP) is 2.66. The quantitative estimate of drug-likeness (QED) is 0.436. The van der Waals surface area contributed by atoms with Gasteiger partial charge in [-0.05, 0) is 19.1 Å². The van der Waals surface area contributed by atoms with Crippen LogP contribution in [0.4, 0.5) is 0 Å². The minimum absolute atomic E-state index is 0.777. The molecule has 1 aliphatic carbocycles. The third kappa shape index (κ3) is 1.52. The molecule has 0 atom stereocenters. The molecule has 0 aromatic heterocycles. The molecule has 0 N–H and O–H groups in total. The van der Waals surface area contributed by atoms with Crippen molar-refractivity contribution in [1.29, 1.82) is 0 Å². The molecule has 0 spiro atoms. The van der Waals surface area contributed by atoms with Crippen molar-refractivity contribution in [3.63, 3.8) is 0 Å². The van der Waals surface area contributed by atoms with Gasteiger partial charge in [-0.25, -0.2) is 0 Å². The van der Waals surface area contributed by atoms with E-state index in [0.717, 1.165) is 5.25 Å². The van der Waals surface area contributed by atoms with Gasteiger partial charge in [0.1, 0.15) is 0 Å². The average Bonchev–Trinajstić information content (AvgIpc) is 1.16. The zero-order valence-electron chi connectivity index (χ0n) is 5.00. The summed E-state index contributed by atoms with van der Waals surface area (Å²) in [5.74, 6) is 0. The average molecular weight is 168 g/mol. The molecule has 1 rings (SSSR count). The lowest BCUT2D eigenvalue weighted by Gasteiger charge is -2.39. The molecule has 0 amide bonds. The molecular weight excluding hydrogens is 156 g/mol. The molecule has 0 aromatic carbocycles. The molecule has 0 aliphatic heterocycles. The summed E-state index contributed by atoms with van der Waals surface area (Å²) >= 11 is 8.86. The third-order valence-electron chi connectivity index (χ3n) is 1.68. The summed E-state index contributed by atoms with van der Waals surface area (Å²) in [6.45, 7) is 0. The van der Waals surface area contributed by atoms with Crippen LogP contribution in [0, 0.1) is 0 Å². The van der Waals surface area contributed by atoms with Crippen molar-refractivity contribution in [3.8, 4) is 0 Å². The highest BCUT2D eigenvalue weighted by Gasteiger charge is 2.27. The summed E-state index contributed by atoms with van der Waals surface area (Å²) in [5, 5.41) is 0.842. The first-order valence-corrected chi connectivity index (χ1v) is 7.03. The maximum Gasteiger partial charge on any atom is 0.00540 e. The van der Waals surface area contributed by atoms with Crippen LogP contribution in [0.3, 0.4) is 0 Å². The SMILES string of the molecule is CS(S)(S)C1CCC1. The normalized spacial score (nSPS) is 24.9. The van der Waals surface area contributed by atoms with Crippen molar-refractivity contribution < 1.29 is 0 Å². The molecular formula is C5H12S3. The maximum absolute atomic E-state index is 4.43. The van der Waals surface area contributed by atoms with Crippen molar-refractivity contribution in [2.75, 3.05) is 6.26 Å². The highest BCUT2D eigenvalue weighted by molar-refractivity contribution is 9.17. The molecule has 3 heteroatoms. The molecule has 1 fully saturated rings. The summed E-state index contributed by atoms with van der Waals surface area (Å²) in [4.78, 5) is 0. The second-order valence-electron chi connectivity index (χ2n) is 2.45. The Bertz CT molecular complexity index is 80.2. The summed E-state index contributed by atoms with van der Waals surface area (Å²) in [5.41, 5.74) is 0. The molecule has 0 aromatic rings. The smallest absolute Gasteiger partial charge is 0.00540 e. The lowest BCUT2D eigenvalue weighted by atomic mass is 10.0. The van der Waals surface area contributed by atoms with E-state index in [0.29, 0.717) is 0 Å². The van der Waals surface area contributed by atoms with Crippen LogP contribution < -0.4 is 0 Å². The van der Waals surface area contributed by atoms with Gasteiger partial charge in [0.25, 0.3) is 0 Å². The number of hydrogen-bond acceptors (Lipinski definition) is 2. The number of rotatable bonds is 1. The number of thiol groups is 2. The van der Waals surface area contributed by atoms with Gasteiger partial charge in [0, 0.05) is 5.25 Å². The maximum atomic E-state index is 4.43. The van der Waals surface area contributed by atoms with Gasteiger partial charge in [0.05, 0.1) is 0 Å². The van der Waals surface area contributed by atoms with Crippen molar-refractivity contribution >= 4 is 31.4 Å². The summed E-state index contributed by atoms with van der Waals surface area (Å²) < 4.78 is 0. The van der Waals surface area contributed by atoms with Gasteiger partial charge >= 0.3 is 0 Å². The summed E-state index contributed by atoms with van der Waals surface area (Å²) in [6, 6.07) is 0. The Hall–Kier alpha value is 1.05. The molecule has 0 saturated heterocycles. The highest BCUT2D eigenvalue weighted by Crippen LogP contribution is 2.63. The fourth-order valence-corrected chi connectivity index (χ4v) is 3.31. The van der Waals surface area contributed by atoms with Crippen LogP contribution in [-0.2, 0) is 0 Å². The molecule has 50 valence electrons. The fourth-order valence-electron chi connectivity index (χ4n) is 0.817. The Kier molecular flexibility index (Phi) is 2.10. The zero-order valence-corrected chi connectivity index (χ0v) is 7.61. The first kappa shape index (κ1) is 7.16. The van der Waals surface area contributed by atoms with E-state index < -0.39 is 8.09 Å². The first-order chi connectivity index (χ1) is 3.61. The number of hydrogen-bond donors (Lipinski definition) is 2. The van der Waals surface area contributed by atoms with Gasteiger partial charge in [-0.2, -0.15) is 0 Å². The topological polar surface area (TPSA) is 0 Å². The van der Waals surface area contributed by atoms with Crippen molar-refractivity contribution in [2.24, 2.45) is 0 Å². The van der Waals surface area contributed by atoms with Crippen LogP contribution in [0.25, 0.3) is 0 Å². The van der Waals surface area contributed by atoms with Gasteiger partial charge in [-0.15, -0.1) is 31.4 Å². The van der Waals surface area contributed by atoms with Crippen LogP contribution in [0.2, 0.25) is 0 Å². The molecule has 0 nitrogen and oxygen atoms in total. The standard InChI is InChI=1S/C5H12S3/c1-8(6,7)5-3-2-4-5/h5-7H,2-4H2,1H3. The van der Waals surface area contributed by atoms with E-state index in [4.69, 9.17) is 0 Å². The molecule has 1 aliphatic rings. The van der Waals surface area contributed by atoms with E-state index in [1.165, 1.54) is 19.3 Å².